The van der Waals surface area contributed by atoms with Crippen molar-refractivity contribution in [1.29, 1.82) is 0 Å². The minimum Gasteiger partial charge on any atom is -0.379 e. The second kappa shape index (κ2) is 5.28. The van der Waals surface area contributed by atoms with E-state index in [0.717, 1.165) is 14.5 Å². The molecule has 1 fully saturated rings. The molecule has 0 aliphatic carbocycles. The lowest BCUT2D eigenvalue weighted by Crippen LogP contribution is -2.51. The number of anilines is 1. The molecule has 1 atom stereocenters. The second-order valence-electron chi connectivity index (χ2n) is 4.52. The zero-order chi connectivity index (χ0) is 13.3. The van der Waals surface area contributed by atoms with Gasteiger partial charge < -0.3 is 15.8 Å². The summed E-state index contributed by atoms with van der Waals surface area (Å²) in [5, 5.41) is 2.85. The molecule has 6 heteroatoms. The van der Waals surface area contributed by atoms with E-state index in [-0.39, 0.29) is 12.5 Å². The molecule has 2 rings (SSSR count). The molecule has 1 aliphatic rings. The van der Waals surface area contributed by atoms with Crippen LogP contribution in [-0.4, -0.2) is 24.7 Å². The molecule has 1 amide bonds. The van der Waals surface area contributed by atoms with Crippen LogP contribution in [0.2, 0.25) is 0 Å². The summed E-state index contributed by atoms with van der Waals surface area (Å²) in [4.78, 5) is 12.2. The molecule has 0 bridgehead atoms. The van der Waals surface area contributed by atoms with Crippen molar-refractivity contribution < 1.29 is 9.53 Å². The van der Waals surface area contributed by atoms with Gasteiger partial charge >= 0.3 is 0 Å². The van der Waals surface area contributed by atoms with Gasteiger partial charge in [0.25, 0.3) is 0 Å². The largest absolute Gasteiger partial charge is 0.379 e. The number of nitrogens with two attached hydrogens (primary N) is 1. The highest BCUT2D eigenvalue weighted by Crippen LogP contribution is 2.33. The van der Waals surface area contributed by atoms with E-state index in [1.165, 1.54) is 0 Å². The first-order valence-corrected chi connectivity index (χ1v) is 7.15. The Balaban J connectivity index is 2.22. The predicted octanol–water partition coefficient (Wildman–Crippen LogP) is 2.58. The highest BCUT2D eigenvalue weighted by atomic mass is 79.9. The molecule has 1 aliphatic heterocycles. The van der Waals surface area contributed by atoms with Gasteiger partial charge in [0.05, 0.1) is 12.3 Å². The van der Waals surface area contributed by atoms with Crippen molar-refractivity contribution in [3.05, 3.63) is 26.6 Å². The van der Waals surface area contributed by atoms with Gasteiger partial charge in [0, 0.05) is 15.6 Å². The van der Waals surface area contributed by atoms with Gasteiger partial charge in [-0.15, -0.1) is 0 Å². The maximum absolute atomic E-state index is 12.2. The maximum Gasteiger partial charge on any atom is 0.247 e. The Hall–Kier alpha value is -0.430. The summed E-state index contributed by atoms with van der Waals surface area (Å²) >= 11 is 6.87. The van der Waals surface area contributed by atoms with Crippen LogP contribution in [0.25, 0.3) is 0 Å². The summed E-state index contributed by atoms with van der Waals surface area (Å²) in [5.41, 5.74) is 6.88. The molecule has 98 valence electrons. The van der Waals surface area contributed by atoms with E-state index < -0.39 is 5.54 Å². The number of ether oxygens (including phenoxy) is 1. The van der Waals surface area contributed by atoms with Crippen LogP contribution < -0.4 is 11.1 Å². The van der Waals surface area contributed by atoms with E-state index in [0.29, 0.717) is 18.7 Å². The minimum atomic E-state index is -0.927. The van der Waals surface area contributed by atoms with Gasteiger partial charge in [-0.25, -0.2) is 0 Å². The average molecular weight is 378 g/mol. The fraction of sp³-hybridized carbons (Fsp3) is 0.417. The smallest absolute Gasteiger partial charge is 0.247 e. The number of hydrogen-bond donors (Lipinski definition) is 2. The minimum absolute atomic E-state index is 0.217. The third-order valence-electron chi connectivity index (χ3n) is 2.93. The van der Waals surface area contributed by atoms with Crippen molar-refractivity contribution in [2.24, 2.45) is 5.73 Å². The number of benzene rings is 1. The predicted molar refractivity (Wildman–Crippen MR) is 77.6 cm³/mol. The number of halogens is 2. The van der Waals surface area contributed by atoms with Gasteiger partial charge in [0.1, 0.15) is 5.54 Å². The molecule has 1 saturated heterocycles. The quantitative estimate of drug-likeness (QED) is 0.832. The van der Waals surface area contributed by atoms with Crippen molar-refractivity contribution in [1.82, 2.24) is 0 Å². The SMILES string of the molecule is Cc1cc(Br)c(NC(=O)C2(N)CCOC2)c(Br)c1. The van der Waals surface area contributed by atoms with Crippen molar-refractivity contribution >= 4 is 43.5 Å². The summed E-state index contributed by atoms with van der Waals surface area (Å²) in [6.45, 7) is 2.77. The zero-order valence-corrected chi connectivity index (χ0v) is 13.1. The first kappa shape index (κ1) is 14.0. The highest BCUT2D eigenvalue weighted by molar-refractivity contribution is 9.11. The second-order valence-corrected chi connectivity index (χ2v) is 6.23. The molecule has 0 radical (unpaired) electrons. The molecular formula is C12H14Br2N2O2. The first-order valence-electron chi connectivity index (χ1n) is 5.56. The van der Waals surface area contributed by atoms with Gasteiger partial charge in [0.2, 0.25) is 5.91 Å². The molecule has 3 N–H and O–H groups in total. The van der Waals surface area contributed by atoms with Crippen LogP contribution in [0.5, 0.6) is 0 Å². The lowest BCUT2D eigenvalue weighted by molar-refractivity contribution is -0.121. The number of carbonyl (C=O) groups is 1. The van der Waals surface area contributed by atoms with Crippen molar-refractivity contribution in [2.45, 2.75) is 18.9 Å². The number of rotatable bonds is 2. The van der Waals surface area contributed by atoms with Crippen LogP contribution >= 0.6 is 31.9 Å². The monoisotopic (exact) mass is 376 g/mol. The number of aryl methyl sites for hydroxylation is 1. The summed E-state index contributed by atoms with van der Waals surface area (Å²) in [6.07, 6.45) is 0.542. The summed E-state index contributed by atoms with van der Waals surface area (Å²) in [5.74, 6) is -0.217. The van der Waals surface area contributed by atoms with E-state index in [9.17, 15) is 4.79 Å². The zero-order valence-electron chi connectivity index (χ0n) is 9.93. The standard InChI is InChI=1S/C12H14Br2N2O2/c1-7-4-8(13)10(9(14)5-7)16-11(17)12(15)2-3-18-6-12/h4-5H,2-3,6,15H2,1H3,(H,16,17). The Bertz CT molecular complexity index is 462. The normalized spacial score (nSPS) is 23.1. The van der Waals surface area contributed by atoms with Crippen molar-refractivity contribution in [3.8, 4) is 0 Å². The van der Waals surface area contributed by atoms with Gasteiger partial charge in [-0.2, -0.15) is 0 Å². The van der Waals surface area contributed by atoms with E-state index in [4.69, 9.17) is 10.5 Å². The topological polar surface area (TPSA) is 64.4 Å². The fourth-order valence-corrected chi connectivity index (χ4v) is 3.43. The lowest BCUT2D eigenvalue weighted by Gasteiger charge is -2.21. The molecule has 4 nitrogen and oxygen atoms in total. The fourth-order valence-electron chi connectivity index (χ4n) is 1.82. The Morgan fingerprint density at radius 2 is 2.06 bits per heavy atom. The molecule has 1 heterocycles. The third kappa shape index (κ3) is 2.77. The van der Waals surface area contributed by atoms with Crippen LogP contribution in [-0.2, 0) is 9.53 Å². The molecule has 18 heavy (non-hydrogen) atoms. The molecule has 1 aromatic carbocycles. The Morgan fingerprint density at radius 3 is 2.56 bits per heavy atom. The maximum atomic E-state index is 12.2. The molecular weight excluding hydrogens is 364 g/mol. The van der Waals surface area contributed by atoms with E-state index >= 15 is 0 Å². The van der Waals surface area contributed by atoms with E-state index in [1.807, 2.05) is 19.1 Å². The van der Waals surface area contributed by atoms with Crippen molar-refractivity contribution in [3.63, 3.8) is 0 Å². The average Bonchev–Trinajstić information content (AvgIpc) is 2.71. The molecule has 1 aromatic rings. The number of hydrogen-bond acceptors (Lipinski definition) is 3. The molecule has 0 saturated carbocycles. The highest BCUT2D eigenvalue weighted by Gasteiger charge is 2.38. The lowest BCUT2D eigenvalue weighted by atomic mass is 9.99. The van der Waals surface area contributed by atoms with Crippen LogP contribution in [0, 0.1) is 6.92 Å². The van der Waals surface area contributed by atoms with Gasteiger partial charge in [-0.3, -0.25) is 4.79 Å². The molecule has 0 spiro atoms. The number of carbonyl (C=O) groups excluding carboxylic acids is 1. The molecule has 0 aromatic heterocycles. The van der Waals surface area contributed by atoms with Gasteiger partial charge in [0.15, 0.2) is 0 Å². The van der Waals surface area contributed by atoms with Crippen LogP contribution in [0.1, 0.15) is 12.0 Å². The summed E-state index contributed by atoms with van der Waals surface area (Å²) in [7, 11) is 0. The Labute approximate surface area is 123 Å². The Kier molecular flexibility index (Phi) is 4.11. The van der Waals surface area contributed by atoms with Crippen LogP contribution in [0.15, 0.2) is 21.1 Å². The number of nitrogens with one attached hydrogen (secondary N) is 1. The van der Waals surface area contributed by atoms with E-state index in [2.05, 4.69) is 37.2 Å². The number of amides is 1. The van der Waals surface area contributed by atoms with E-state index in [1.54, 1.807) is 0 Å². The van der Waals surface area contributed by atoms with Gasteiger partial charge in [-0.1, -0.05) is 0 Å². The third-order valence-corrected chi connectivity index (χ3v) is 4.18. The summed E-state index contributed by atoms with van der Waals surface area (Å²) < 4.78 is 6.84. The Morgan fingerprint density at radius 1 is 1.44 bits per heavy atom. The van der Waals surface area contributed by atoms with Crippen molar-refractivity contribution in [2.75, 3.05) is 18.5 Å². The van der Waals surface area contributed by atoms with Gasteiger partial charge in [-0.05, 0) is 62.9 Å². The van der Waals surface area contributed by atoms with Crippen LogP contribution in [0.3, 0.4) is 0 Å². The first-order chi connectivity index (χ1) is 8.42. The summed E-state index contributed by atoms with van der Waals surface area (Å²) in [6, 6.07) is 3.88. The van der Waals surface area contributed by atoms with Crippen LogP contribution in [0.4, 0.5) is 5.69 Å². The molecule has 1 unspecified atom stereocenters.